The van der Waals surface area contributed by atoms with Crippen molar-refractivity contribution < 1.29 is 14.3 Å². The smallest absolute Gasteiger partial charge is 0.273 e. The lowest BCUT2D eigenvalue weighted by atomic mass is 10.2. The highest BCUT2D eigenvalue weighted by Gasteiger charge is 2.11. The molecule has 24 heavy (non-hydrogen) atoms. The van der Waals surface area contributed by atoms with E-state index in [0.29, 0.717) is 22.6 Å². The summed E-state index contributed by atoms with van der Waals surface area (Å²) < 4.78 is 10.6. The fourth-order valence-corrected chi connectivity index (χ4v) is 2.49. The molecule has 0 atom stereocenters. The first-order chi connectivity index (χ1) is 11.7. The second-order valence-corrected chi connectivity index (χ2v) is 5.03. The van der Waals surface area contributed by atoms with E-state index in [0.717, 1.165) is 10.9 Å². The Kier molecular flexibility index (Phi) is 4.47. The first-order valence-corrected chi connectivity index (χ1v) is 7.35. The van der Waals surface area contributed by atoms with Gasteiger partial charge in [-0.3, -0.25) is 4.79 Å². The number of methoxy groups -OCH3 is 2. The third kappa shape index (κ3) is 2.94. The number of rotatable bonds is 5. The van der Waals surface area contributed by atoms with Crippen LogP contribution < -0.4 is 14.9 Å². The molecule has 3 rings (SSSR count). The summed E-state index contributed by atoms with van der Waals surface area (Å²) in [5.74, 6) is 0.875. The van der Waals surface area contributed by atoms with E-state index in [1.54, 1.807) is 26.5 Å². The number of benzene rings is 2. The molecule has 122 valence electrons. The molecule has 0 aliphatic carbocycles. The number of hydrogen-bond donors (Lipinski definition) is 2. The molecule has 6 nitrogen and oxygen atoms in total. The molecule has 0 fully saturated rings. The van der Waals surface area contributed by atoms with Gasteiger partial charge in [0.1, 0.15) is 0 Å². The molecule has 0 radical (unpaired) electrons. The van der Waals surface area contributed by atoms with Crippen molar-refractivity contribution in [2.24, 2.45) is 5.10 Å². The average molecular weight is 323 g/mol. The fourth-order valence-electron chi connectivity index (χ4n) is 2.49. The molecule has 0 saturated carbocycles. The first kappa shape index (κ1) is 15.6. The molecule has 6 heteroatoms. The number of fused-ring (bicyclic) bond motifs is 1. The normalized spacial score (nSPS) is 10.9. The number of hydrazone groups is 1. The molecule has 2 N–H and O–H groups in total. The molecule has 0 spiro atoms. The van der Waals surface area contributed by atoms with Gasteiger partial charge >= 0.3 is 0 Å². The van der Waals surface area contributed by atoms with Crippen molar-refractivity contribution in [2.75, 3.05) is 14.2 Å². The number of aromatic nitrogens is 1. The predicted octanol–water partition coefficient (Wildman–Crippen LogP) is 2.95. The monoisotopic (exact) mass is 323 g/mol. The summed E-state index contributed by atoms with van der Waals surface area (Å²) in [6.07, 6.45) is 3.19. The molecule has 1 amide bonds. The van der Waals surface area contributed by atoms with Crippen molar-refractivity contribution in [1.82, 2.24) is 10.4 Å². The van der Waals surface area contributed by atoms with E-state index in [4.69, 9.17) is 9.47 Å². The van der Waals surface area contributed by atoms with Crippen LogP contribution in [0.3, 0.4) is 0 Å². The number of amides is 1. The molecule has 0 bridgehead atoms. The molecule has 3 aromatic rings. The maximum atomic E-state index is 12.3. The van der Waals surface area contributed by atoms with Crippen LogP contribution in [0, 0.1) is 0 Å². The minimum atomic E-state index is -0.287. The number of H-pyrrole nitrogens is 1. The summed E-state index contributed by atoms with van der Waals surface area (Å²) >= 11 is 0. The van der Waals surface area contributed by atoms with Gasteiger partial charge in [-0.25, -0.2) is 5.43 Å². The number of carbonyl (C=O) groups is 1. The Morgan fingerprint density at radius 2 is 1.96 bits per heavy atom. The highest BCUT2D eigenvalue weighted by molar-refractivity contribution is 6.06. The maximum absolute atomic E-state index is 12.3. The molecule has 1 aromatic heterocycles. The zero-order valence-corrected chi connectivity index (χ0v) is 13.4. The van der Waals surface area contributed by atoms with E-state index in [9.17, 15) is 4.79 Å². The Balaban J connectivity index is 1.78. The Hall–Kier alpha value is -3.28. The van der Waals surface area contributed by atoms with Gasteiger partial charge in [0.05, 0.1) is 26.0 Å². The number of para-hydroxylation sites is 2. The van der Waals surface area contributed by atoms with Crippen LogP contribution >= 0.6 is 0 Å². The summed E-state index contributed by atoms with van der Waals surface area (Å²) in [4.78, 5) is 15.3. The van der Waals surface area contributed by atoms with Gasteiger partial charge in [0.2, 0.25) is 0 Å². The van der Waals surface area contributed by atoms with Crippen molar-refractivity contribution in [3.8, 4) is 11.5 Å². The Morgan fingerprint density at radius 3 is 2.75 bits per heavy atom. The van der Waals surface area contributed by atoms with Crippen LogP contribution in [0.5, 0.6) is 11.5 Å². The van der Waals surface area contributed by atoms with E-state index < -0.39 is 0 Å². The van der Waals surface area contributed by atoms with Crippen molar-refractivity contribution >= 4 is 23.0 Å². The number of nitrogens with zero attached hydrogens (tertiary/aromatic N) is 1. The third-order valence-electron chi connectivity index (χ3n) is 3.64. The maximum Gasteiger partial charge on any atom is 0.273 e. The zero-order valence-electron chi connectivity index (χ0n) is 13.4. The Labute approximate surface area is 139 Å². The average Bonchev–Trinajstić information content (AvgIpc) is 3.05. The van der Waals surface area contributed by atoms with Crippen LogP contribution in [-0.2, 0) is 0 Å². The number of carbonyl (C=O) groups excluding carboxylic acids is 1. The minimum Gasteiger partial charge on any atom is -0.493 e. The zero-order chi connectivity index (χ0) is 16.9. The van der Waals surface area contributed by atoms with E-state index in [1.165, 1.54) is 6.21 Å². The standard InChI is InChI=1S/C18H17N3O3/c1-23-16-9-5-6-12(17(16)24-2)10-20-21-18(22)14-11-19-15-8-4-3-7-13(14)15/h3-11,19H,1-2H3,(H,21,22)/b20-10+. The van der Waals surface area contributed by atoms with Gasteiger partial charge in [-0.15, -0.1) is 0 Å². The van der Waals surface area contributed by atoms with Crippen molar-refractivity contribution in [1.29, 1.82) is 0 Å². The second kappa shape index (κ2) is 6.87. The van der Waals surface area contributed by atoms with Gasteiger partial charge < -0.3 is 14.5 Å². The van der Waals surface area contributed by atoms with Gasteiger partial charge in [-0.2, -0.15) is 5.10 Å². The molecule has 0 unspecified atom stereocenters. The van der Waals surface area contributed by atoms with Gasteiger partial charge in [-0.1, -0.05) is 24.3 Å². The minimum absolute atomic E-state index is 0.287. The van der Waals surface area contributed by atoms with Gasteiger partial charge in [0.15, 0.2) is 11.5 Å². The third-order valence-corrected chi connectivity index (χ3v) is 3.64. The van der Waals surface area contributed by atoms with Crippen LogP contribution in [0.25, 0.3) is 10.9 Å². The number of hydrogen-bond acceptors (Lipinski definition) is 4. The molecular formula is C18H17N3O3. The number of ether oxygens (including phenoxy) is 2. The lowest BCUT2D eigenvalue weighted by Crippen LogP contribution is -2.17. The summed E-state index contributed by atoms with van der Waals surface area (Å²) in [6, 6.07) is 13.0. The van der Waals surface area contributed by atoms with Gasteiger partial charge in [0.25, 0.3) is 5.91 Å². The van der Waals surface area contributed by atoms with Crippen LogP contribution in [0.4, 0.5) is 0 Å². The van der Waals surface area contributed by atoms with Crippen LogP contribution in [-0.4, -0.2) is 31.3 Å². The molecular weight excluding hydrogens is 306 g/mol. The van der Waals surface area contributed by atoms with E-state index in [1.807, 2.05) is 36.4 Å². The van der Waals surface area contributed by atoms with Gasteiger partial charge in [-0.05, 0) is 18.2 Å². The number of aromatic amines is 1. The quantitative estimate of drug-likeness (QED) is 0.560. The fraction of sp³-hybridized carbons (Fsp3) is 0.111. The van der Waals surface area contributed by atoms with Crippen molar-refractivity contribution in [2.45, 2.75) is 0 Å². The Morgan fingerprint density at radius 1 is 1.12 bits per heavy atom. The summed E-state index contributed by atoms with van der Waals surface area (Å²) in [5, 5.41) is 4.87. The molecule has 0 aliphatic rings. The van der Waals surface area contributed by atoms with Crippen LogP contribution in [0.1, 0.15) is 15.9 Å². The second-order valence-electron chi connectivity index (χ2n) is 5.03. The molecule has 0 saturated heterocycles. The summed E-state index contributed by atoms with van der Waals surface area (Å²) in [6.45, 7) is 0. The largest absolute Gasteiger partial charge is 0.493 e. The van der Waals surface area contributed by atoms with Crippen molar-refractivity contribution in [3.05, 3.63) is 59.8 Å². The molecule has 0 aliphatic heterocycles. The topological polar surface area (TPSA) is 75.7 Å². The van der Waals surface area contributed by atoms with Crippen molar-refractivity contribution in [3.63, 3.8) is 0 Å². The predicted molar refractivity (Wildman–Crippen MR) is 92.9 cm³/mol. The lowest BCUT2D eigenvalue weighted by molar-refractivity contribution is 0.0957. The van der Waals surface area contributed by atoms with Crippen LogP contribution in [0.2, 0.25) is 0 Å². The summed E-state index contributed by atoms with van der Waals surface area (Å²) in [7, 11) is 3.12. The highest BCUT2D eigenvalue weighted by Crippen LogP contribution is 2.29. The van der Waals surface area contributed by atoms with Crippen LogP contribution in [0.15, 0.2) is 53.8 Å². The van der Waals surface area contributed by atoms with Gasteiger partial charge in [0, 0.05) is 22.7 Å². The molecule has 2 aromatic carbocycles. The van der Waals surface area contributed by atoms with E-state index in [2.05, 4.69) is 15.5 Å². The first-order valence-electron chi connectivity index (χ1n) is 7.35. The summed E-state index contributed by atoms with van der Waals surface area (Å²) in [5.41, 5.74) is 4.68. The number of nitrogens with one attached hydrogen (secondary N) is 2. The SMILES string of the molecule is COc1cccc(/C=N/NC(=O)c2c[nH]c3ccccc23)c1OC. The lowest BCUT2D eigenvalue weighted by Gasteiger charge is -2.09. The highest BCUT2D eigenvalue weighted by atomic mass is 16.5. The Bertz CT molecular complexity index is 899. The molecule has 1 heterocycles. The van der Waals surface area contributed by atoms with E-state index in [-0.39, 0.29) is 5.91 Å². The van der Waals surface area contributed by atoms with E-state index >= 15 is 0 Å².